The zero-order valence-electron chi connectivity index (χ0n) is 11.9. The quantitative estimate of drug-likeness (QED) is 0.225. The Balaban J connectivity index is 4.68. The summed E-state index contributed by atoms with van der Waals surface area (Å²) in [6.45, 7) is -1.82. The summed E-state index contributed by atoms with van der Waals surface area (Å²) in [7, 11) is 2.78. The number of amides is 3. The van der Waals surface area contributed by atoms with Gasteiger partial charge in [0.2, 0.25) is 17.7 Å². The standard InChI is InChI=1S/C11H22N4O6/c1-12-6(3-16)10(20)15-8(5-18)11(21)14-7(4-17)9(19)13-2/h6-8,12,16-18H,3-5H2,1-2H3,(H,13,19)(H,14,21)(H,15,20)/t6?,7?,8-/m1/s1. The number of rotatable bonds is 9. The van der Waals surface area contributed by atoms with E-state index in [0.717, 1.165) is 0 Å². The summed E-state index contributed by atoms with van der Waals surface area (Å²) < 4.78 is 0. The molecule has 0 spiro atoms. The molecular formula is C11H22N4O6. The van der Waals surface area contributed by atoms with Gasteiger partial charge in [0.15, 0.2) is 0 Å². The minimum absolute atomic E-state index is 0.487. The Hall–Kier alpha value is -1.75. The molecule has 0 aromatic rings. The molecule has 21 heavy (non-hydrogen) atoms. The minimum atomic E-state index is -1.31. The minimum Gasteiger partial charge on any atom is -0.394 e. The lowest BCUT2D eigenvalue weighted by atomic mass is 10.2. The third kappa shape index (κ3) is 6.04. The van der Waals surface area contributed by atoms with Crippen molar-refractivity contribution in [1.29, 1.82) is 0 Å². The molecule has 0 rings (SSSR count). The second-order valence-electron chi connectivity index (χ2n) is 4.13. The van der Waals surface area contributed by atoms with Gasteiger partial charge in [0.1, 0.15) is 18.1 Å². The van der Waals surface area contributed by atoms with Crippen LogP contribution in [-0.4, -0.2) is 85.1 Å². The molecule has 0 aliphatic rings. The van der Waals surface area contributed by atoms with Crippen LogP contribution in [0.5, 0.6) is 0 Å². The number of carbonyl (C=O) groups excluding carboxylic acids is 3. The Bertz CT molecular complexity index is 361. The van der Waals surface area contributed by atoms with E-state index in [9.17, 15) is 14.4 Å². The average molecular weight is 306 g/mol. The Kier molecular flexibility index (Phi) is 9.21. The molecule has 2 unspecified atom stereocenters. The first-order valence-electron chi connectivity index (χ1n) is 6.27. The molecule has 10 nitrogen and oxygen atoms in total. The van der Waals surface area contributed by atoms with E-state index in [1.807, 2.05) is 0 Å². The summed E-state index contributed by atoms with van der Waals surface area (Å²) in [5, 5.41) is 36.3. The molecule has 0 aliphatic carbocycles. The first kappa shape index (κ1) is 19.2. The zero-order valence-corrected chi connectivity index (χ0v) is 11.9. The highest BCUT2D eigenvalue weighted by atomic mass is 16.3. The van der Waals surface area contributed by atoms with Gasteiger partial charge in [-0.2, -0.15) is 0 Å². The zero-order chi connectivity index (χ0) is 16.4. The lowest BCUT2D eigenvalue weighted by Gasteiger charge is -2.22. The Labute approximate surface area is 121 Å². The van der Waals surface area contributed by atoms with Gasteiger partial charge >= 0.3 is 0 Å². The number of likely N-dealkylation sites (N-methyl/N-ethyl adjacent to an activating group) is 2. The number of hydrogen-bond acceptors (Lipinski definition) is 7. The Morgan fingerprint density at radius 3 is 1.48 bits per heavy atom. The molecule has 0 aromatic heterocycles. The fourth-order valence-electron chi connectivity index (χ4n) is 1.41. The van der Waals surface area contributed by atoms with Gasteiger partial charge in [0.05, 0.1) is 19.8 Å². The molecule has 10 heteroatoms. The highest BCUT2D eigenvalue weighted by Gasteiger charge is 2.27. The molecule has 0 bridgehead atoms. The smallest absolute Gasteiger partial charge is 0.245 e. The number of nitrogens with one attached hydrogen (secondary N) is 4. The number of carbonyl (C=O) groups is 3. The fraction of sp³-hybridized carbons (Fsp3) is 0.727. The van der Waals surface area contributed by atoms with Crippen molar-refractivity contribution in [1.82, 2.24) is 21.3 Å². The van der Waals surface area contributed by atoms with Crippen molar-refractivity contribution >= 4 is 17.7 Å². The monoisotopic (exact) mass is 306 g/mol. The average Bonchev–Trinajstić information content (AvgIpc) is 2.50. The maximum atomic E-state index is 11.8. The van der Waals surface area contributed by atoms with Crippen molar-refractivity contribution in [3.8, 4) is 0 Å². The Morgan fingerprint density at radius 1 is 0.762 bits per heavy atom. The van der Waals surface area contributed by atoms with E-state index in [2.05, 4.69) is 21.3 Å². The number of aliphatic hydroxyl groups is 3. The maximum Gasteiger partial charge on any atom is 0.245 e. The van der Waals surface area contributed by atoms with Crippen molar-refractivity contribution in [3.05, 3.63) is 0 Å². The summed E-state index contributed by atoms with van der Waals surface area (Å²) in [4.78, 5) is 34.8. The molecule has 3 amide bonds. The van der Waals surface area contributed by atoms with Crippen LogP contribution in [-0.2, 0) is 14.4 Å². The molecule has 0 radical (unpaired) electrons. The summed E-state index contributed by atoms with van der Waals surface area (Å²) in [5.74, 6) is -2.13. The normalized spacial score (nSPS) is 14.7. The molecule has 0 aromatic carbocycles. The van der Waals surface area contributed by atoms with Crippen LogP contribution in [0.25, 0.3) is 0 Å². The van der Waals surface area contributed by atoms with Crippen LogP contribution in [0.2, 0.25) is 0 Å². The van der Waals surface area contributed by atoms with Gasteiger partial charge in [0.25, 0.3) is 0 Å². The van der Waals surface area contributed by atoms with Gasteiger partial charge < -0.3 is 36.6 Å². The molecule has 0 saturated heterocycles. The van der Waals surface area contributed by atoms with Crippen LogP contribution < -0.4 is 21.3 Å². The molecule has 3 atom stereocenters. The van der Waals surface area contributed by atoms with E-state index in [0.29, 0.717) is 0 Å². The number of aliphatic hydroxyl groups excluding tert-OH is 3. The molecule has 0 fully saturated rings. The van der Waals surface area contributed by atoms with Crippen LogP contribution in [0.1, 0.15) is 0 Å². The molecular weight excluding hydrogens is 284 g/mol. The molecule has 0 heterocycles. The summed E-state index contributed by atoms with van der Waals surface area (Å²) in [6, 6.07) is -3.43. The van der Waals surface area contributed by atoms with Crippen molar-refractivity contribution in [2.75, 3.05) is 33.9 Å². The van der Waals surface area contributed by atoms with E-state index in [-0.39, 0.29) is 0 Å². The second kappa shape index (κ2) is 10.0. The van der Waals surface area contributed by atoms with E-state index in [1.54, 1.807) is 0 Å². The third-order valence-corrected chi connectivity index (χ3v) is 2.73. The first-order valence-corrected chi connectivity index (χ1v) is 6.27. The van der Waals surface area contributed by atoms with Crippen LogP contribution in [0.3, 0.4) is 0 Å². The predicted molar refractivity (Wildman–Crippen MR) is 72.0 cm³/mol. The lowest BCUT2D eigenvalue weighted by molar-refractivity contribution is -0.134. The largest absolute Gasteiger partial charge is 0.394 e. The summed E-state index contributed by atoms with van der Waals surface area (Å²) in [6.07, 6.45) is 0. The van der Waals surface area contributed by atoms with Gasteiger partial charge in [-0.1, -0.05) is 0 Å². The van der Waals surface area contributed by atoms with E-state index >= 15 is 0 Å². The molecule has 0 saturated carbocycles. The van der Waals surface area contributed by atoms with E-state index in [4.69, 9.17) is 15.3 Å². The highest BCUT2D eigenvalue weighted by molar-refractivity contribution is 5.93. The predicted octanol–water partition coefficient (Wildman–Crippen LogP) is -4.73. The van der Waals surface area contributed by atoms with E-state index in [1.165, 1.54) is 14.1 Å². The van der Waals surface area contributed by atoms with E-state index < -0.39 is 55.7 Å². The van der Waals surface area contributed by atoms with Gasteiger partial charge in [-0.3, -0.25) is 14.4 Å². The number of hydrogen-bond donors (Lipinski definition) is 7. The third-order valence-electron chi connectivity index (χ3n) is 2.73. The van der Waals surface area contributed by atoms with Crippen molar-refractivity contribution in [2.24, 2.45) is 0 Å². The van der Waals surface area contributed by atoms with Gasteiger partial charge in [-0.05, 0) is 7.05 Å². The van der Waals surface area contributed by atoms with Crippen LogP contribution in [0.15, 0.2) is 0 Å². The summed E-state index contributed by atoms with van der Waals surface area (Å²) in [5.41, 5.74) is 0. The van der Waals surface area contributed by atoms with Crippen molar-refractivity contribution in [2.45, 2.75) is 18.1 Å². The van der Waals surface area contributed by atoms with Crippen molar-refractivity contribution < 1.29 is 29.7 Å². The summed E-state index contributed by atoms with van der Waals surface area (Å²) >= 11 is 0. The van der Waals surface area contributed by atoms with Crippen LogP contribution in [0.4, 0.5) is 0 Å². The van der Waals surface area contributed by atoms with Crippen molar-refractivity contribution in [3.63, 3.8) is 0 Å². The van der Waals surface area contributed by atoms with Gasteiger partial charge in [-0.25, -0.2) is 0 Å². The van der Waals surface area contributed by atoms with Gasteiger partial charge in [-0.15, -0.1) is 0 Å². The molecule has 122 valence electrons. The molecule has 7 N–H and O–H groups in total. The Morgan fingerprint density at radius 2 is 1.14 bits per heavy atom. The van der Waals surface area contributed by atoms with Crippen LogP contribution in [0, 0.1) is 0 Å². The highest BCUT2D eigenvalue weighted by Crippen LogP contribution is 1.91. The fourth-order valence-corrected chi connectivity index (χ4v) is 1.41. The molecule has 0 aliphatic heterocycles. The lowest BCUT2D eigenvalue weighted by Crippen LogP contribution is -2.58. The SMILES string of the molecule is CNC(=O)C(CO)NC(=O)[C@@H](CO)NC(=O)C(CO)NC. The second-order valence-corrected chi connectivity index (χ2v) is 4.13. The van der Waals surface area contributed by atoms with Gasteiger partial charge in [0, 0.05) is 7.05 Å². The topological polar surface area (TPSA) is 160 Å². The maximum absolute atomic E-state index is 11.8. The first-order chi connectivity index (χ1) is 9.94. The van der Waals surface area contributed by atoms with Crippen LogP contribution >= 0.6 is 0 Å².